The molecule has 8 nitrogen and oxygen atoms in total. The van der Waals surface area contributed by atoms with Gasteiger partial charge in [0.25, 0.3) is 0 Å². The smallest absolute Gasteiger partial charge is 0.338 e. The number of urea groups is 1. The lowest BCUT2D eigenvalue weighted by atomic mass is 10.6. The summed E-state index contributed by atoms with van der Waals surface area (Å²) >= 11 is 0. The van der Waals surface area contributed by atoms with Crippen LogP contribution < -0.4 is 16.1 Å². The molecule has 1 rings (SSSR count). The number of aliphatic carboxylic acids is 1. The van der Waals surface area contributed by atoms with Gasteiger partial charge in [-0.25, -0.2) is 15.2 Å². The molecule has 15 heavy (non-hydrogen) atoms. The Labute approximate surface area is 85.6 Å². The maximum absolute atomic E-state index is 11.0. The zero-order valence-electron chi connectivity index (χ0n) is 7.95. The van der Waals surface area contributed by atoms with Crippen molar-refractivity contribution in [2.24, 2.45) is 0 Å². The number of nitrogens with zero attached hydrogens (tertiary/aromatic N) is 1. The largest absolute Gasteiger partial charge is 0.480 e. The van der Waals surface area contributed by atoms with Gasteiger partial charge in [-0.05, 0) is 0 Å². The highest BCUT2D eigenvalue weighted by molar-refractivity contribution is 6.01. The highest BCUT2D eigenvalue weighted by atomic mass is 16.4. The van der Waals surface area contributed by atoms with Crippen LogP contribution in [0, 0.1) is 0 Å². The van der Waals surface area contributed by atoms with Crippen molar-refractivity contribution in [3.63, 3.8) is 0 Å². The number of carboxylic acids is 1. The number of amides is 3. The highest BCUT2D eigenvalue weighted by Gasteiger charge is 2.25. The summed E-state index contributed by atoms with van der Waals surface area (Å²) in [4.78, 5) is 31.8. The number of imide groups is 1. The van der Waals surface area contributed by atoms with E-state index in [0.29, 0.717) is 13.1 Å². The lowest BCUT2D eigenvalue weighted by Gasteiger charge is -2.14. The Hall–Kier alpha value is -1.67. The van der Waals surface area contributed by atoms with Crippen LogP contribution in [0.2, 0.25) is 0 Å². The Morgan fingerprint density at radius 2 is 2.20 bits per heavy atom. The van der Waals surface area contributed by atoms with Gasteiger partial charge in [0.1, 0.15) is 6.54 Å². The van der Waals surface area contributed by atoms with Crippen molar-refractivity contribution in [1.29, 1.82) is 0 Å². The van der Waals surface area contributed by atoms with Crippen LogP contribution in [0.1, 0.15) is 0 Å². The molecule has 0 aliphatic carbocycles. The number of carboxylic acid groups (broad SMARTS) is 1. The molecule has 0 aromatic carbocycles. The summed E-state index contributed by atoms with van der Waals surface area (Å²) in [5, 5.41) is 14.2. The molecular formula is C7H12N4O4. The molecule has 0 radical (unpaired) electrons. The molecule has 0 spiro atoms. The van der Waals surface area contributed by atoms with E-state index in [9.17, 15) is 14.4 Å². The monoisotopic (exact) mass is 216 g/mol. The van der Waals surface area contributed by atoms with Crippen LogP contribution in [-0.2, 0) is 9.59 Å². The maximum Gasteiger partial charge on any atom is 0.338 e. The van der Waals surface area contributed by atoms with E-state index in [1.165, 1.54) is 0 Å². The van der Waals surface area contributed by atoms with E-state index in [0.717, 1.165) is 5.01 Å². The summed E-state index contributed by atoms with van der Waals surface area (Å²) in [5.74, 6) is -1.30. The fourth-order valence-electron chi connectivity index (χ4n) is 1.04. The molecule has 1 saturated heterocycles. The quantitative estimate of drug-likeness (QED) is 0.294. The number of hydrogen-bond acceptors (Lipinski definition) is 5. The van der Waals surface area contributed by atoms with Crippen LogP contribution in [0.4, 0.5) is 4.79 Å². The van der Waals surface area contributed by atoms with E-state index < -0.39 is 12.0 Å². The summed E-state index contributed by atoms with van der Waals surface area (Å²) in [7, 11) is 0. The molecule has 0 unspecified atom stereocenters. The van der Waals surface area contributed by atoms with E-state index in [2.05, 4.69) is 16.1 Å². The Balaban J connectivity index is 2.08. The maximum atomic E-state index is 11.0. The number of hydrogen-bond donors (Lipinski definition) is 4. The molecule has 0 aromatic rings. The van der Waals surface area contributed by atoms with E-state index in [1.807, 2.05) is 0 Å². The molecule has 0 atom stereocenters. The topological polar surface area (TPSA) is 111 Å². The van der Waals surface area contributed by atoms with Crippen molar-refractivity contribution in [2.45, 2.75) is 0 Å². The second kappa shape index (κ2) is 5.27. The second-order valence-corrected chi connectivity index (χ2v) is 2.92. The minimum Gasteiger partial charge on any atom is -0.480 e. The molecule has 3 amide bonds. The number of carbonyl (C=O) groups excluding carboxylic acids is 2. The molecule has 1 heterocycles. The first kappa shape index (κ1) is 11.4. The Morgan fingerprint density at radius 3 is 2.73 bits per heavy atom. The lowest BCUT2D eigenvalue weighted by molar-refractivity contribution is -0.136. The zero-order valence-corrected chi connectivity index (χ0v) is 7.95. The fourth-order valence-corrected chi connectivity index (χ4v) is 1.04. The lowest BCUT2D eigenvalue weighted by Crippen LogP contribution is -2.43. The van der Waals surface area contributed by atoms with Gasteiger partial charge in [-0.15, -0.1) is 0 Å². The van der Waals surface area contributed by atoms with Crippen LogP contribution in [0.25, 0.3) is 0 Å². The normalized spacial score (nSPS) is 15.6. The Kier molecular flexibility index (Phi) is 4.01. The van der Waals surface area contributed by atoms with Crippen LogP contribution in [0.3, 0.4) is 0 Å². The van der Waals surface area contributed by atoms with Gasteiger partial charge in [-0.3, -0.25) is 14.9 Å². The predicted octanol–water partition coefficient (Wildman–Crippen LogP) is -2.28. The molecule has 84 valence electrons. The zero-order chi connectivity index (χ0) is 11.3. The SMILES string of the molecule is O=C(O)CNCCNN1CC(=O)NC1=O. The minimum atomic E-state index is -0.941. The average Bonchev–Trinajstić information content (AvgIpc) is 2.44. The van der Waals surface area contributed by atoms with E-state index >= 15 is 0 Å². The first-order valence-corrected chi connectivity index (χ1v) is 4.37. The van der Waals surface area contributed by atoms with Crippen LogP contribution in [0.15, 0.2) is 0 Å². The standard InChI is InChI=1S/C7H12N4O4/c12-5-4-11(7(15)10-5)9-2-1-8-3-6(13)14/h8-9H,1-4H2,(H,13,14)(H,10,12,15). The Bertz CT molecular complexity index is 280. The van der Waals surface area contributed by atoms with Crippen molar-refractivity contribution in [1.82, 2.24) is 21.1 Å². The van der Waals surface area contributed by atoms with Gasteiger partial charge < -0.3 is 10.4 Å². The van der Waals surface area contributed by atoms with Gasteiger partial charge in [-0.1, -0.05) is 0 Å². The third kappa shape index (κ3) is 3.92. The van der Waals surface area contributed by atoms with E-state index in [1.54, 1.807) is 0 Å². The van der Waals surface area contributed by atoms with Crippen LogP contribution in [0.5, 0.6) is 0 Å². The highest BCUT2D eigenvalue weighted by Crippen LogP contribution is 1.91. The summed E-state index contributed by atoms with van der Waals surface area (Å²) in [6.45, 7) is 0.614. The third-order valence-electron chi connectivity index (χ3n) is 1.67. The van der Waals surface area contributed by atoms with Crippen molar-refractivity contribution in [2.75, 3.05) is 26.2 Å². The van der Waals surface area contributed by atoms with Gasteiger partial charge >= 0.3 is 12.0 Å². The van der Waals surface area contributed by atoms with Gasteiger partial charge in [-0.2, -0.15) is 0 Å². The van der Waals surface area contributed by atoms with Crippen molar-refractivity contribution < 1.29 is 19.5 Å². The first-order valence-electron chi connectivity index (χ1n) is 4.37. The van der Waals surface area contributed by atoms with Crippen molar-refractivity contribution in [3.8, 4) is 0 Å². The molecule has 1 fully saturated rings. The molecule has 1 aliphatic heterocycles. The van der Waals surface area contributed by atoms with Crippen molar-refractivity contribution in [3.05, 3.63) is 0 Å². The van der Waals surface area contributed by atoms with E-state index in [-0.39, 0.29) is 19.0 Å². The van der Waals surface area contributed by atoms with Gasteiger partial charge in [0.15, 0.2) is 0 Å². The van der Waals surface area contributed by atoms with Gasteiger partial charge in [0.2, 0.25) is 5.91 Å². The summed E-state index contributed by atoms with van der Waals surface area (Å²) in [5.41, 5.74) is 2.68. The first-order chi connectivity index (χ1) is 7.09. The number of nitrogens with one attached hydrogen (secondary N) is 3. The Morgan fingerprint density at radius 1 is 1.47 bits per heavy atom. The number of rotatable bonds is 6. The average molecular weight is 216 g/mol. The van der Waals surface area contributed by atoms with Crippen molar-refractivity contribution >= 4 is 17.9 Å². The molecule has 1 aliphatic rings. The molecular weight excluding hydrogens is 204 g/mol. The molecule has 4 N–H and O–H groups in total. The summed E-state index contributed by atoms with van der Waals surface area (Å²) in [6, 6.07) is -0.488. The van der Waals surface area contributed by atoms with Crippen LogP contribution >= 0.6 is 0 Å². The molecule has 8 heteroatoms. The van der Waals surface area contributed by atoms with E-state index in [4.69, 9.17) is 5.11 Å². The van der Waals surface area contributed by atoms with Crippen LogP contribution in [-0.4, -0.2) is 54.2 Å². The number of carbonyl (C=O) groups is 3. The molecule has 0 aromatic heterocycles. The summed E-state index contributed by atoms with van der Waals surface area (Å²) in [6.07, 6.45) is 0. The summed E-state index contributed by atoms with van der Waals surface area (Å²) < 4.78 is 0. The number of hydrazine groups is 1. The van der Waals surface area contributed by atoms with Gasteiger partial charge in [0, 0.05) is 13.1 Å². The predicted molar refractivity (Wildman–Crippen MR) is 48.8 cm³/mol. The molecule has 0 bridgehead atoms. The third-order valence-corrected chi connectivity index (χ3v) is 1.67. The molecule has 0 saturated carbocycles. The minimum absolute atomic E-state index is 0.0161. The fraction of sp³-hybridized carbons (Fsp3) is 0.571. The second-order valence-electron chi connectivity index (χ2n) is 2.92. The van der Waals surface area contributed by atoms with Gasteiger partial charge in [0.05, 0.1) is 6.54 Å².